The second kappa shape index (κ2) is 6.50. The quantitative estimate of drug-likeness (QED) is 0.899. The molecule has 0 aromatic heterocycles. The number of amides is 1. The number of rotatable bonds is 4. The van der Waals surface area contributed by atoms with E-state index in [4.69, 9.17) is 16.3 Å². The minimum Gasteiger partial charge on any atom is -0.495 e. The van der Waals surface area contributed by atoms with Gasteiger partial charge in [0, 0.05) is 24.0 Å². The van der Waals surface area contributed by atoms with Gasteiger partial charge in [-0.15, -0.1) is 0 Å². The molecule has 21 heavy (non-hydrogen) atoms. The van der Waals surface area contributed by atoms with Crippen LogP contribution in [-0.2, 0) is 0 Å². The van der Waals surface area contributed by atoms with Gasteiger partial charge < -0.3 is 15.4 Å². The maximum absolute atomic E-state index is 12.2. The summed E-state index contributed by atoms with van der Waals surface area (Å²) in [5.74, 6) is 0.394. The molecule has 0 unspecified atom stereocenters. The number of aryl methyl sites for hydroxylation is 1. The zero-order chi connectivity index (χ0) is 15.4. The fourth-order valence-corrected chi connectivity index (χ4v) is 2.29. The van der Waals surface area contributed by atoms with Crippen LogP contribution in [0.5, 0.6) is 5.75 Å². The van der Waals surface area contributed by atoms with Crippen LogP contribution < -0.4 is 15.4 Å². The molecule has 0 spiro atoms. The largest absolute Gasteiger partial charge is 0.495 e. The van der Waals surface area contributed by atoms with E-state index in [1.165, 1.54) is 0 Å². The molecule has 0 atom stereocenters. The number of nitrogens with one attached hydrogen (secondary N) is 2. The first-order valence-corrected chi connectivity index (χ1v) is 6.86. The maximum atomic E-state index is 12.2. The molecule has 2 aromatic rings. The average molecular weight is 305 g/mol. The topological polar surface area (TPSA) is 50.4 Å². The van der Waals surface area contributed by atoms with Gasteiger partial charge in [-0.25, -0.2) is 0 Å². The van der Waals surface area contributed by atoms with E-state index in [-0.39, 0.29) is 5.91 Å². The summed E-state index contributed by atoms with van der Waals surface area (Å²) in [4.78, 5) is 12.2. The molecule has 110 valence electrons. The van der Waals surface area contributed by atoms with Gasteiger partial charge in [-0.3, -0.25) is 4.79 Å². The highest BCUT2D eigenvalue weighted by Crippen LogP contribution is 2.27. The van der Waals surface area contributed by atoms with Gasteiger partial charge in [-0.1, -0.05) is 11.6 Å². The van der Waals surface area contributed by atoms with E-state index in [2.05, 4.69) is 10.6 Å². The molecule has 1 amide bonds. The molecule has 2 aromatic carbocycles. The Morgan fingerprint density at radius 1 is 1.19 bits per heavy atom. The molecule has 2 N–H and O–H groups in total. The van der Waals surface area contributed by atoms with Gasteiger partial charge in [0.15, 0.2) is 0 Å². The standard InChI is InChI=1S/C16H17ClN2O2/c1-10-8-11(4-6-14(10)18-2)16(20)19-12-5-7-15(21-3)13(17)9-12/h4-9,18H,1-3H3,(H,19,20). The minimum absolute atomic E-state index is 0.179. The van der Waals surface area contributed by atoms with Gasteiger partial charge in [0.05, 0.1) is 12.1 Å². The summed E-state index contributed by atoms with van der Waals surface area (Å²) in [6.45, 7) is 1.95. The van der Waals surface area contributed by atoms with Crippen LogP contribution in [0.3, 0.4) is 0 Å². The molecule has 0 saturated heterocycles. The Hall–Kier alpha value is -2.20. The van der Waals surface area contributed by atoms with Gasteiger partial charge in [0.2, 0.25) is 0 Å². The van der Waals surface area contributed by atoms with Crippen LogP contribution in [0.25, 0.3) is 0 Å². The van der Waals surface area contributed by atoms with E-state index in [1.54, 1.807) is 31.4 Å². The Labute approximate surface area is 129 Å². The van der Waals surface area contributed by atoms with E-state index >= 15 is 0 Å². The molecule has 0 radical (unpaired) electrons. The highest BCUT2D eigenvalue weighted by molar-refractivity contribution is 6.32. The SMILES string of the molecule is CNc1ccc(C(=O)Nc2ccc(OC)c(Cl)c2)cc1C. The number of ether oxygens (including phenoxy) is 1. The average Bonchev–Trinajstić information content (AvgIpc) is 2.47. The number of benzene rings is 2. The molecule has 4 nitrogen and oxygen atoms in total. The van der Waals surface area contributed by atoms with Crippen molar-refractivity contribution in [1.29, 1.82) is 0 Å². The number of hydrogen-bond donors (Lipinski definition) is 2. The second-order valence-corrected chi connectivity index (χ2v) is 4.99. The molecular weight excluding hydrogens is 288 g/mol. The van der Waals surface area contributed by atoms with Gasteiger partial charge >= 0.3 is 0 Å². The number of carbonyl (C=O) groups is 1. The lowest BCUT2D eigenvalue weighted by atomic mass is 10.1. The van der Waals surface area contributed by atoms with Crippen LogP contribution in [-0.4, -0.2) is 20.1 Å². The van der Waals surface area contributed by atoms with Crippen LogP contribution in [0.2, 0.25) is 5.02 Å². The van der Waals surface area contributed by atoms with Crippen molar-refractivity contribution in [2.45, 2.75) is 6.92 Å². The first-order chi connectivity index (χ1) is 10.0. The fourth-order valence-electron chi connectivity index (χ4n) is 2.03. The third kappa shape index (κ3) is 3.47. The van der Waals surface area contributed by atoms with Gasteiger partial charge in [0.1, 0.15) is 5.75 Å². The minimum atomic E-state index is -0.179. The predicted octanol–water partition coefficient (Wildman–Crippen LogP) is 3.95. The fraction of sp³-hybridized carbons (Fsp3) is 0.188. The summed E-state index contributed by atoms with van der Waals surface area (Å²) in [7, 11) is 3.40. The van der Waals surface area contributed by atoms with Crippen molar-refractivity contribution in [2.24, 2.45) is 0 Å². The van der Waals surface area contributed by atoms with Crippen molar-refractivity contribution in [3.8, 4) is 5.75 Å². The lowest BCUT2D eigenvalue weighted by Crippen LogP contribution is -2.12. The molecule has 0 aliphatic rings. The molecule has 0 heterocycles. The third-order valence-electron chi connectivity index (χ3n) is 3.17. The number of hydrogen-bond acceptors (Lipinski definition) is 3. The summed E-state index contributed by atoms with van der Waals surface area (Å²) >= 11 is 6.04. The smallest absolute Gasteiger partial charge is 0.255 e. The Balaban J connectivity index is 2.18. The van der Waals surface area contributed by atoms with Crippen LogP contribution in [0.4, 0.5) is 11.4 Å². The van der Waals surface area contributed by atoms with Crippen molar-refractivity contribution >= 4 is 28.9 Å². The lowest BCUT2D eigenvalue weighted by molar-refractivity contribution is 0.102. The second-order valence-electron chi connectivity index (χ2n) is 4.58. The Kier molecular flexibility index (Phi) is 4.70. The summed E-state index contributed by atoms with van der Waals surface area (Å²) in [6, 6.07) is 10.6. The predicted molar refractivity (Wildman–Crippen MR) is 86.7 cm³/mol. The molecule has 5 heteroatoms. The molecule has 0 saturated carbocycles. The number of anilines is 2. The van der Waals surface area contributed by atoms with Crippen LogP contribution in [0.15, 0.2) is 36.4 Å². The third-order valence-corrected chi connectivity index (χ3v) is 3.46. The van der Waals surface area contributed by atoms with Crippen LogP contribution in [0.1, 0.15) is 15.9 Å². The molecule has 2 rings (SSSR count). The zero-order valence-corrected chi connectivity index (χ0v) is 12.9. The molecule has 0 aliphatic heterocycles. The molecule has 0 bridgehead atoms. The van der Waals surface area contributed by atoms with Crippen molar-refractivity contribution < 1.29 is 9.53 Å². The first-order valence-electron chi connectivity index (χ1n) is 6.48. The Morgan fingerprint density at radius 2 is 1.95 bits per heavy atom. The number of halogens is 1. The highest BCUT2D eigenvalue weighted by Gasteiger charge is 2.09. The van der Waals surface area contributed by atoms with Crippen molar-refractivity contribution in [3.63, 3.8) is 0 Å². The highest BCUT2D eigenvalue weighted by atomic mass is 35.5. The van der Waals surface area contributed by atoms with Crippen LogP contribution in [0, 0.1) is 6.92 Å². The molecular formula is C16H17ClN2O2. The summed E-state index contributed by atoms with van der Waals surface area (Å²) < 4.78 is 5.08. The van der Waals surface area contributed by atoms with E-state index < -0.39 is 0 Å². The van der Waals surface area contributed by atoms with E-state index in [0.717, 1.165) is 11.3 Å². The van der Waals surface area contributed by atoms with E-state index in [0.29, 0.717) is 22.0 Å². The molecule has 0 aliphatic carbocycles. The Morgan fingerprint density at radius 3 is 2.52 bits per heavy atom. The maximum Gasteiger partial charge on any atom is 0.255 e. The van der Waals surface area contributed by atoms with Gasteiger partial charge in [-0.2, -0.15) is 0 Å². The van der Waals surface area contributed by atoms with E-state index in [9.17, 15) is 4.79 Å². The van der Waals surface area contributed by atoms with Gasteiger partial charge in [0.25, 0.3) is 5.91 Å². The van der Waals surface area contributed by atoms with Crippen molar-refractivity contribution in [2.75, 3.05) is 24.8 Å². The zero-order valence-electron chi connectivity index (χ0n) is 12.2. The van der Waals surface area contributed by atoms with Crippen molar-refractivity contribution in [1.82, 2.24) is 0 Å². The summed E-state index contributed by atoms with van der Waals surface area (Å²) in [5.41, 5.74) is 3.23. The Bertz CT molecular complexity index is 671. The van der Waals surface area contributed by atoms with Gasteiger partial charge in [-0.05, 0) is 48.9 Å². The number of methoxy groups -OCH3 is 1. The van der Waals surface area contributed by atoms with E-state index in [1.807, 2.05) is 26.1 Å². The van der Waals surface area contributed by atoms with Crippen molar-refractivity contribution in [3.05, 3.63) is 52.5 Å². The summed E-state index contributed by atoms with van der Waals surface area (Å²) in [5, 5.41) is 6.34. The summed E-state index contributed by atoms with van der Waals surface area (Å²) in [6.07, 6.45) is 0. The van der Waals surface area contributed by atoms with Crippen LogP contribution >= 0.6 is 11.6 Å². The lowest BCUT2D eigenvalue weighted by Gasteiger charge is -2.10. The monoisotopic (exact) mass is 304 g/mol. The first kappa shape index (κ1) is 15.2. The number of carbonyl (C=O) groups excluding carboxylic acids is 1. The molecule has 0 fully saturated rings. The normalized spacial score (nSPS) is 10.1.